The molecule has 2 aromatic rings. The van der Waals surface area contributed by atoms with Gasteiger partial charge in [-0.15, -0.1) is 0 Å². The zero-order valence-electron chi connectivity index (χ0n) is 11.6. The van der Waals surface area contributed by atoms with E-state index in [1.54, 1.807) is 12.7 Å². The number of fused-ring (bicyclic) bond motifs is 1. The summed E-state index contributed by atoms with van der Waals surface area (Å²) in [7, 11) is 0. The lowest BCUT2D eigenvalue weighted by molar-refractivity contribution is 0.189. The Morgan fingerprint density at radius 1 is 1.24 bits per heavy atom. The quantitative estimate of drug-likeness (QED) is 0.831. The van der Waals surface area contributed by atoms with Crippen LogP contribution in [0.3, 0.4) is 0 Å². The van der Waals surface area contributed by atoms with Crippen LogP contribution in [0.1, 0.15) is 12.8 Å². The second-order valence-electron chi connectivity index (χ2n) is 5.47. The topological polar surface area (TPSA) is 90.0 Å². The number of amides is 2. The van der Waals surface area contributed by atoms with Gasteiger partial charge in [-0.3, -0.25) is 0 Å². The molecule has 8 heteroatoms. The zero-order chi connectivity index (χ0) is 14.2. The normalized spacial score (nSPS) is 22.9. The van der Waals surface area contributed by atoms with Crippen molar-refractivity contribution >= 4 is 23.0 Å². The number of hydrogen-bond donors (Lipinski definition) is 2. The number of urea groups is 1. The smallest absolute Gasteiger partial charge is 0.317 e. The molecule has 0 radical (unpaired) electrons. The zero-order valence-corrected chi connectivity index (χ0v) is 11.6. The fourth-order valence-corrected chi connectivity index (χ4v) is 3.23. The molecule has 4 rings (SSSR count). The molecule has 2 aliphatic rings. The molecule has 4 heterocycles. The summed E-state index contributed by atoms with van der Waals surface area (Å²) in [6.45, 7) is 3.28. The SMILES string of the molecule is O=C1NCCN1C1CCCN(c2ncnc3nc[nH]c23)C1. The van der Waals surface area contributed by atoms with Crippen molar-refractivity contribution in [1.82, 2.24) is 30.2 Å². The van der Waals surface area contributed by atoms with E-state index in [9.17, 15) is 4.79 Å². The summed E-state index contributed by atoms with van der Waals surface area (Å²) in [4.78, 5) is 31.8. The number of aromatic amines is 1. The van der Waals surface area contributed by atoms with Crippen molar-refractivity contribution in [1.29, 1.82) is 0 Å². The molecule has 0 saturated carbocycles. The molecule has 2 amide bonds. The van der Waals surface area contributed by atoms with E-state index in [-0.39, 0.29) is 12.1 Å². The van der Waals surface area contributed by atoms with Crippen LogP contribution in [-0.2, 0) is 0 Å². The summed E-state index contributed by atoms with van der Waals surface area (Å²) in [5, 5.41) is 2.87. The molecule has 2 saturated heterocycles. The van der Waals surface area contributed by atoms with Crippen LogP contribution in [0.15, 0.2) is 12.7 Å². The first kappa shape index (κ1) is 12.4. The summed E-state index contributed by atoms with van der Waals surface area (Å²) in [6, 6.07) is 0.297. The van der Waals surface area contributed by atoms with E-state index in [1.807, 2.05) is 4.90 Å². The Balaban J connectivity index is 1.60. The molecular weight excluding hydrogens is 270 g/mol. The Bertz CT molecular complexity index is 669. The molecule has 2 N–H and O–H groups in total. The van der Waals surface area contributed by atoms with Gasteiger partial charge in [0.15, 0.2) is 11.5 Å². The van der Waals surface area contributed by atoms with E-state index in [2.05, 4.69) is 30.2 Å². The van der Waals surface area contributed by atoms with Gasteiger partial charge >= 0.3 is 6.03 Å². The summed E-state index contributed by atoms with van der Waals surface area (Å²) < 4.78 is 0. The summed E-state index contributed by atoms with van der Waals surface area (Å²) in [5.41, 5.74) is 1.55. The van der Waals surface area contributed by atoms with Crippen molar-refractivity contribution in [3.63, 3.8) is 0 Å². The number of nitrogens with one attached hydrogen (secondary N) is 2. The highest BCUT2D eigenvalue weighted by Gasteiger charge is 2.32. The lowest BCUT2D eigenvalue weighted by Crippen LogP contribution is -2.49. The van der Waals surface area contributed by atoms with E-state index >= 15 is 0 Å². The van der Waals surface area contributed by atoms with Crippen LogP contribution in [0.5, 0.6) is 0 Å². The monoisotopic (exact) mass is 287 g/mol. The van der Waals surface area contributed by atoms with Crippen molar-refractivity contribution in [3.05, 3.63) is 12.7 Å². The maximum absolute atomic E-state index is 11.8. The fourth-order valence-electron chi connectivity index (χ4n) is 3.23. The van der Waals surface area contributed by atoms with Gasteiger partial charge in [0.25, 0.3) is 0 Å². The van der Waals surface area contributed by atoms with Crippen molar-refractivity contribution in [2.45, 2.75) is 18.9 Å². The third-order valence-corrected chi connectivity index (χ3v) is 4.23. The molecule has 2 fully saturated rings. The Kier molecular flexibility index (Phi) is 2.87. The van der Waals surface area contributed by atoms with Crippen LogP contribution in [-0.4, -0.2) is 63.1 Å². The van der Waals surface area contributed by atoms with E-state index < -0.39 is 0 Å². The minimum absolute atomic E-state index is 0.0521. The third kappa shape index (κ3) is 2.07. The van der Waals surface area contributed by atoms with Crippen LogP contribution in [0.4, 0.5) is 10.6 Å². The first-order chi connectivity index (χ1) is 10.3. The van der Waals surface area contributed by atoms with Gasteiger partial charge in [-0.2, -0.15) is 0 Å². The molecule has 21 heavy (non-hydrogen) atoms. The molecule has 110 valence electrons. The van der Waals surface area contributed by atoms with Crippen molar-refractivity contribution in [3.8, 4) is 0 Å². The van der Waals surface area contributed by atoms with Crippen molar-refractivity contribution in [2.75, 3.05) is 31.1 Å². The van der Waals surface area contributed by atoms with Gasteiger partial charge < -0.3 is 20.1 Å². The predicted molar refractivity (Wildman–Crippen MR) is 77.0 cm³/mol. The highest BCUT2D eigenvalue weighted by atomic mass is 16.2. The molecule has 0 aliphatic carbocycles. The number of carbonyl (C=O) groups is 1. The Hall–Kier alpha value is -2.38. The minimum Gasteiger partial charge on any atom is -0.353 e. The molecule has 2 aromatic heterocycles. The Labute approximate surface area is 121 Å². The number of imidazole rings is 1. The predicted octanol–water partition coefficient (Wildman–Crippen LogP) is 0.347. The molecule has 0 bridgehead atoms. The highest BCUT2D eigenvalue weighted by Crippen LogP contribution is 2.25. The van der Waals surface area contributed by atoms with E-state index in [0.717, 1.165) is 50.4 Å². The minimum atomic E-state index is 0.0521. The number of aromatic nitrogens is 4. The van der Waals surface area contributed by atoms with E-state index in [4.69, 9.17) is 0 Å². The third-order valence-electron chi connectivity index (χ3n) is 4.23. The number of piperidine rings is 1. The summed E-state index contributed by atoms with van der Waals surface area (Å²) in [5.74, 6) is 0.877. The molecular formula is C13H17N7O. The van der Waals surface area contributed by atoms with Gasteiger partial charge in [-0.25, -0.2) is 19.7 Å². The maximum Gasteiger partial charge on any atom is 0.317 e. The van der Waals surface area contributed by atoms with Gasteiger partial charge in [-0.05, 0) is 12.8 Å². The van der Waals surface area contributed by atoms with Crippen LogP contribution >= 0.6 is 0 Å². The Morgan fingerprint density at radius 2 is 2.19 bits per heavy atom. The highest BCUT2D eigenvalue weighted by molar-refractivity contribution is 5.83. The van der Waals surface area contributed by atoms with Crippen LogP contribution in [0.25, 0.3) is 11.2 Å². The van der Waals surface area contributed by atoms with E-state index in [1.165, 1.54) is 0 Å². The molecule has 2 aliphatic heterocycles. The summed E-state index contributed by atoms with van der Waals surface area (Å²) >= 11 is 0. The Morgan fingerprint density at radius 3 is 3.05 bits per heavy atom. The number of H-pyrrole nitrogens is 1. The second kappa shape index (κ2) is 4.87. The standard InChI is InChI=1S/C13H17N7O/c21-13-14-3-5-20(13)9-2-1-4-19(6-9)12-10-11(16-7-15-10)17-8-18-12/h7-9H,1-6H2,(H,14,21)(H,15,16,17,18). The number of carbonyl (C=O) groups excluding carboxylic acids is 1. The van der Waals surface area contributed by atoms with Gasteiger partial charge in [0.2, 0.25) is 0 Å². The molecule has 0 spiro atoms. The lowest BCUT2D eigenvalue weighted by atomic mass is 10.0. The van der Waals surface area contributed by atoms with Gasteiger partial charge in [0, 0.05) is 26.2 Å². The average Bonchev–Trinajstić information content (AvgIpc) is 3.15. The second-order valence-corrected chi connectivity index (χ2v) is 5.47. The van der Waals surface area contributed by atoms with Crippen molar-refractivity contribution < 1.29 is 4.79 Å². The molecule has 1 atom stereocenters. The fraction of sp³-hybridized carbons (Fsp3) is 0.538. The molecule has 1 unspecified atom stereocenters. The van der Waals surface area contributed by atoms with Gasteiger partial charge in [0.05, 0.1) is 12.4 Å². The molecule has 0 aromatic carbocycles. The molecule has 8 nitrogen and oxygen atoms in total. The van der Waals surface area contributed by atoms with Crippen molar-refractivity contribution in [2.24, 2.45) is 0 Å². The van der Waals surface area contributed by atoms with Crippen LogP contribution in [0.2, 0.25) is 0 Å². The number of anilines is 1. The number of nitrogens with zero attached hydrogens (tertiary/aromatic N) is 5. The number of hydrogen-bond acceptors (Lipinski definition) is 5. The largest absolute Gasteiger partial charge is 0.353 e. The average molecular weight is 287 g/mol. The van der Waals surface area contributed by atoms with Gasteiger partial charge in [-0.1, -0.05) is 0 Å². The van der Waals surface area contributed by atoms with Gasteiger partial charge in [0.1, 0.15) is 11.8 Å². The lowest BCUT2D eigenvalue weighted by Gasteiger charge is -2.37. The van der Waals surface area contributed by atoms with Crippen LogP contribution < -0.4 is 10.2 Å². The first-order valence-electron chi connectivity index (χ1n) is 7.26. The van der Waals surface area contributed by atoms with E-state index in [0.29, 0.717) is 5.65 Å². The summed E-state index contributed by atoms with van der Waals surface area (Å²) in [6.07, 6.45) is 5.28. The number of rotatable bonds is 2. The first-order valence-corrected chi connectivity index (χ1v) is 7.26. The van der Waals surface area contributed by atoms with Crippen LogP contribution in [0, 0.1) is 0 Å². The maximum atomic E-state index is 11.8.